The van der Waals surface area contributed by atoms with Crippen molar-refractivity contribution >= 4 is 22.7 Å². The van der Waals surface area contributed by atoms with Gasteiger partial charge in [-0.25, -0.2) is 9.97 Å². The number of aliphatic carboxylic acids is 1. The van der Waals surface area contributed by atoms with Crippen LogP contribution in [0.1, 0.15) is 18.0 Å². The van der Waals surface area contributed by atoms with Crippen LogP contribution in [0.5, 0.6) is 0 Å². The molecule has 0 bridgehead atoms. The van der Waals surface area contributed by atoms with Crippen molar-refractivity contribution in [1.82, 2.24) is 9.97 Å². The van der Waals surface area contributed by atoms with Gasteiger partial charge in [0, 0.05) is 5.39 Å². The number of hydrogen-bond donors (Lipinski definition) is 2. The number of carboxylic acid groups (broad SMARTS) is 1. The second kappa shape index (κ2) is 6.22. The minimum Gasteiger partial charge on any atom is -0.481 e. The van der Waals surface area contributed by atoms with Gasteiger partial charge in [-0.05, 0) is 17.7 Å². The lowest BCUT2D eigenvalue weighted by Gasteiger charge is -2.19. The van der Waals surface area contributed by atoms with E-state index >= 15 is 0 Å². The molecule has 1 atom stereocenters. The van der Waals surface area contributed by atoms with Gasteiger partial charge in [0.25, 0.3) is 0 Å². The number of nitrogens with one attached hydrogen (secondary N) is 1. The molecule has 0 saturated heterocycles. The van der Waals surface area contributed by atoms with E-state index in [1.54, 1.807) is 0 Å². The van der Waals surface area contributed by atoms with E-state index in [-0.39, 0.29) is 12.5 Å². The van der Waals surface area contributed by atoms with E-state index in [9.17, 15) is 4.79 Å². The van der Waals surface area contributed by atoms with E-state index in [0.29, 0.717) is 5.82 Å². The van der Waals surface area contributed by atoms with E-state index in [4.69, 9.17) is 5.11 Å². The van der Waals surface area contributed by atoms with Gasteiger partial charge in [-0.1, -0.05) is 42.5 Å². The van der Waals surface area contributed by atoms with Crippen molar-refractivity contribution in [3.8, 4) is 0 Å². The molecule has 22 heavy (non-hydrogen) atoms. The summed E-state index contributed by atoms with van der Waals surface area (Å²) in [5.74, 6) is -0.222. The van der Waals surface area contributed by atoms with Crippen molar-refractivity contribution in [1.29, 1.82) is 0 Å². The van der Waals surface area contributed by atoms with Crippen LogP contribution in [0, 0.1) is 0 Å². The molecule has 0 aliphatic heterocycles. The van der Waals surface area contributed by atoms with Gasteiger partial charge in [0.2, 0.25) is 0 Å². The first kappa shape index (κ1) is 14.0. The maximum absolute atomic E-state index is 11.2. The number of benzene rings is 2. The van der Waals surface area contributed by atoms with Crippen LogP contribution >= 0.6 is 0 Å². The van der Waals surface area contributed by atoms with Crippen LogP contribution in [0.15, 0.2) is 60.9 Å². The quantitative estimate of drug-likeness (QED) is 0.755. The molecule has 3 rings (SSSR count). The largest absolute Gasteiger partial charge is 0.481 e. The highest BCUT2D eigenvalue weighted by Crippen LogP contribution is 2.25. The van der Waals surface area contributed by atoms with Gasteiger partial charge in [0.1, 0.15) is 12.1 Å². The smallest absolute Gasteiger partial charge is 0.305 e. The zero-order chi connectivity index (χ0) is 15.4. The van der Waals surface area contributed by atoms with Crippen LogP contribution in [0.25, 0.3) is 10.9 Å². The number of rotatable bonds is 5. The third-order valence-electron chi connectivity index (χ3n) is 3.43. The van der Waals surface area contributed by atoms with E-state index in [0.717, 1.165) is 16.5 Å². The lowest BCUT2D eigenvalue weighted by molar-refractivity contribution is -0.137. The molecule has 3 aromatic rings. The fourth-order valence-electron chi connectivity index (χ4n) is 2.40. The number of fused-ring (bicyclic) bond motifs is 1. The average molecular weight is 293 g/mol. The molecule has 2 N–H and O–H groups in total. The molecule has 0 aliphatic carbocycles. The normalized spacial score (nSPS) is 12.0. The monoisotopic (exact) mass is 293 g/mol. The molecule has 0 spiro atoms. The molecule has 0 amide bonds. The van der Waals surface area contributed by atoms with E-state index < -0.39 is 5.97 Å². The Labute approximate surface area is 127 Å². The fraction of sp³-hybridized carbons (Fsp3) is 0.118. The highest BCUT2D eigenvalue weighted by molar-refractivity contribution is 5.89. The third kappa shape index (κ3) is 3.03. The summed E-state index contributed by atoms with van der Waals surface area (Å²) >= 11 is 0. The fourth-order valence-corrected chi connectivity index (χ4v) is 2.40. The Bertz CT molecular complexity index is 785. The Morgan fingerprint density at radius 2 is 1.77 bits per heavy atom. The highest BCUT2D eigenvalue weighted by atomic mass is 16.4. The molecule has 0 radical (unpaired) electrons. The van der Waals surface area contributed by atoms with Crippen molar-refractivity contribution in [3.05, 3.63) is 66.5 Å². The zero-order valence-electron chi connectivity index (χ0n) is 11.8. The lowest BCUT2D eigenvalue weighted by Crippen LogP contribution is -2.16. The Morgan fingerprint density at radius 1 is 1.05 bits per heavy atom. The second-order valence-corrected chi connectivity index (χ2v) is 4.94. The molecule has 1 aromatic heterocycles. The first-order valence-electron chi connectivity index (χ1n) is 6.97. The van der Waals surface area contributed by atoms with Crippen molar-refractivity contribution in [2.75, 3.05) is 5.32 Å². The maximum Gasteiger partial charge on any atom is 0.305 e. The molecule has 5 heteroatoms. The summed E-state index contributed by atoms with van der Waals surface area (Å²) in [6.45, 7) is 0. The molecule has 1 heterocycles. The summed E-state index contributed by atoms with van der Waals surface area (Å²) in [6.07, 6.45) is 1.45. The van der Waals surface area contributed by atoms with Crippen LogP contribution in [-0.2, 0) is 4.79 Å². The van der Waals surface area contributed by atoms with E-state index in [1.165, 1.54) is 6.33 Å². The first-order chi connectivity index (χ1) is 10.7. The van der Waals surface area contributed by atoms with Crippen molar-refractivity contribution < 1.29 is 9.90 Å². The topological polar surface area (TPSA) is 75.1 Å². The molecular weight excluding hydrogens is 278 g/mol. The number of nitrogens with zero attached hydrogens (tertiary/aromatic N) is 2. The molecule has 110 valence electrons. The predicted octanol–water partition coefficient (Wildman–Crippen LogP) is 3.26. The first-order valence-corrected chi connectivity index (χ1v) is 6.97. The highest BCUT2D eigenvalue weighted by Gasteiger charge is 2.17. The van der Waals surface area contributed by atoms with Gasteiger partial charge in [0.05, 0.1) is 18.0 Å². The van der Waals surface area contributed by atoms with Crippen molar-refractivity contribution in [3.63, 3.8) is 0 Å². The van der Waals surface area contributed by atoms with Crippen LogP contribution in [0.4, 0.5) is 5.82 Å². The SMILES string of the molecule is O=C(O)C[C@H](Nc1ncnc2ccccc12)c1ccccc1. The van der Waals surface area contributed by atoms with Crippen molar-refractivity contribution in [2.24, 2.45) is 0 Å². The number of carbonyl (C=O) groups is 1. The summed E-state index contributed by atoms with van der Waals surface area (Å²) in [7, 11) is 0. The number of hydrogen-bond acceptors (Lipinski definition) is 4. The van der Waals surface area contributed by atoms with E-state index in [1.807, 2.05) is 54.6 Å². The Hall–Kier alpha value is -2.95. The minimum atomic E-state index is -0.861. The van der Waals surface area contributed by atoms with Crippen molar-refractivity contribution in [2.45, 2.75) is 12.5 Å². The number of aromatic nitrogens is 2. The Morgan fingerprint density at radius 3 is 2.55 bits per heavy atom. The molecule has 2 aromatic carbocycles. The van der Waals surface area contributed by atoms with Crippen LogP contribution < -0.4 is 5.32 Å². The zero-order valence-corrected chi connectivity index (χ0v) is 11.8. The molecular formula is C17H15N3O2. The summed E-state index contributed by atoms with van der Waals surface area (Å²) in [4.78, 5) is 19.6. The van der Waals surface area contributed by atoms with Gasteiger partial charge in [0.15, 0.2) is 0 Å². The van der Waals surface area contributed by atoms with Gasteiger partial charge >= 0.3 is 5.97 Å². The maximum atomic E-state index is 11.2. The summed E-state index contributed by atoms with van der Waals surface area (Å²) in [5.41, 5.74) is 1.73. The van der Waals surface area contributed by atoms with Crippen LogP contribution in [-0.4, -0.2) is 21.0 Å². The molecule has 0 saturated carbocycles. The lowest BCUT2D eigenvalue weighted by atomic mass is 10.0. The summed E-state index contributed by atoms with van der Waals surface area (Å²) in [5, 5.41) is 13.3. The molecule has 0 aliphatic rings. The summed E-state index contributed by atoms with van der Waals surface area (Å²) in [6, 6.07) is 16.8. The minimum absolute atomic E-state index is 0.0255. The van der Waals surface area contributed by atoms with E-state index in [2.05, 4.69) is 15.3 Å². The molecule has 5 nitrogen and oxygen atoms in total. The molecule has 0 unspecified atom stereocenters. The van der Waals surface area contributed by atoms with Crippen LogP contribution in [0.3, 0.4) is 0 Å². The van der Waals surface area contributed by atoms with Gasteiger partial charge in [-0.2, -0.15) is 0 Å². The Kier molecular flexibility index (Phi) is 3.96. The average Bonchev–Trinajstić information content (AvgIpc) is 2.55. The number of carboxylic acids is 1. The van der Waals surface area contributed by atoms with Gasteiger partial charge in [-0.15, -0.1) is 0 Å². The van der Waals surface area contributed by atoms with Crippen LogP contribution in [0.2, 0.25) is 0 Å². The Balaban J connectivity index is 1.97. The summed E-state index contributed by atoms with van der Waals surface area (Å²) < 4.78 is 0. The second-order valence-electron chi connectivity index (χ2n) is 4.94. The number of anilines is 1. The van der Waals surface area contributed by atoms with Gasteiger partial charge < -0.3 is 10.4 Å². The number of para-hydroxylation sites is 1. The predicted molar refractivity (Wildman–Crippen MR) is 84.6 cm³/mol. The van der Waals surface area contributed by atoms with Gasteiger partial charge in [-0.3, -0.25) is 4.79 Å². The standard InChI is InChI=1S/C17H15N3O2/c21-16(22)10-15(12-6-2-1-3-7-12)20-17-13-8-4-5-9-14(13)18-11-19-17/h1-9,11,15H,10H2,(H,21,22)(H,18,19,20)/t15-/m0/s1. The third-order valence-corrected chi connectivity index (χ3v) is 3.43. The molecule has 0 fully saturated rings.